The van der Waals surface area contributed by atoms with E-state index in [2.05, 4.69) is 0 Å². The van der Waals surface area contributed by atoms with E-state index in [1.165, 1.54) is 16.7 Å². The Kier molecular flexibility index (Phi) is 7.23. The Morgan fingerprint density at radius 3 is 2.28 bits per heavy atom. The van der Waals surface area contributed by atoms with E-state index in [4.69, 9.17) is 21.7 Å². The van der Waals surface area contributed by atoms with Crippen molar-refractivity contribution in [3.8, 4) is 17.2 Å². The zero-order chi connectivity index (χ0) is 27.7. The topological polar surface area (TPSA) is 82.8 Å². The molecule has 1 saturated heterocycles. The molecular formula is C29H23N3O5S2. The first-order chi connectivity index (χ1) is 18.8. The second-order valence-electron chi connectivity index (χ2n) is 8.59. The van der Waals surface area contributed by atoms with E-state index < -0.39 is 11.9 Å². The number of methoxy groups -OCH3 is 1. The first kappa shape index (κ1) is 26.2. The molecule has 1 amide bonds. The van der Waals surface area contributed by atoms with E-state index in [1.54, 1.807) is 67.2 Å². The number of thiocarbonyl (C=S) groups is 1. The molecule has 5 rings (SSSR count). The summed E-state index contributed by atoms with van der Waals surface area (Å²) in [7, 11) is 3.23. The molecule has 10 heteroatoms. The van der Waals surface area contributed by atoms with Crippen molar-refractivity contribution in [2.24, 2.45) is 7.05 Å². The molecule has 1 aliphatic heterocycles. The van der Waals surface area contributed by atoms with Gasteiger partial charge in [-0.05, 0) is 55.0 Å². The predicted octanol–water partition coefficient (Wildman–Crippen LogP) is 5.12. The number of carbonyl (C=O) groups excluding carboxylic acids is 2. The van der Waals surface area contributed by atoms with E-state index in [-0.39, 0.29) is 21.3 Å². The zero-order valence-corrected chi connectivity index (χ0v) is 22.9. The van der Waals surface area contributed by atoms with Crippen molar-refractivity contribution in [1.82, 2.24) is 9.36 Å². The van der Waals surface area contributed by atoms with Gasteiger partial charge in [0, 0.05) is 7.05 Å². The number of esters is 1. The molecule has 39 heavy (non-hydrogen) atoms. The average molecular weight is 558 g/mol. The summed E-state index contributed by atoms with van der Waals surface area (Å²) in [6, 6.07) is 22.8. The molecule has 0 aliphatic carbocycles. The van der Waals surface area contributed by atoms with Crippen LogP contribution in [-0.2, 0) is 11.8 Å². The number of carbonyl (C=O) groups is 2. The Bertz CT molecular complexity index is 1690. The lowest BCUT2D eigenvalue weighted by Gasteiger charge is -2.12. The van der Waals surface area contributed by atoms with Crippen LogP contribution in [0.1, 0.15) is 21.6 Å². The highest BCUT2D eigenvalue weighted by molar-refractivity contribution is 8.27. The summed E-state index contributed by atoms with van der Waals surface area (Å²) >= 11 is 6.64. The van der Waals surface area contributed by atoms with E-state index in [9.17, 15) is 14.4 Å². The first-order valence-electron chi connectivity index (χ1n) is 11.9. The van der Waals surface area contributed by atoms with Crippen LogP contribution in [0.15, 0.2) is 88.6 Å². The molecule has 8 nitrogen and oxygen atoms in total. The fourth-order valence-electron chi connectivity index (χ4n) is 4.21. The van der Waals surface area contributed by atoms with Crippen molar-refractivity contribution in [1.29, 1.82) is 0 Å². The van der Waals surface area contributed by atoms with Gasteiger partial charge in [-0.15, -0.1) is 0 Å². The second kappa shape index (κ2) is 10.8. The number of rotatable bonds is 6. The molecule has 0 atom stereocenters. The summed E-state index contributed by atoms with van der Waals surface area (Å²) in [5.74, 6) is -0.331. The van der Waals surface area contributed by atoms with Gasteiger partial charge in [0.25, 0.3) is 11.5 Å². The van der Waals surface area contributed by atoms with Crippen molar-refractivity contribution >= 4 is 51.9 Å². The lowest BCUT2D eigenvalue weighted by molar-refractivity contribution is -0.113. The Morgan fingerprint density at radius 2 is 1.62 bits per heavy atom. The van der Waals surface area contributed by atoms with E-state index in [1.807, 2.05) is 36.4 Å². The maximum Gasteiger partial charge on any atom is 0.343 e. The van der Waals surface area contributed by atoms with Crippen LogP contribution in [0, 0.1) is 6.92 Å². The predicted molar refractivity (Wildman–Crippen MR) is 156 cm³/mol. The number of nitrogens with zero attached hydrogens (tertiary/aromatic N) is 3. The molecule has 196 valence electrons. The van der Waals surface area contributed by atoms with Gasteiger partial charge in [0.2, 0.25) is 0 Å². The molecule has 4 aromatic rings. The third-order valence-electron chi connectivity index (χ3n) is 6.24. The minimum absolute atomic E-state index is 0.216. The molecule has 2 heterocycles. The monoisotopic (exact) mass is 557 g/mol. The highest BCUT2D eigenvalue weighted by Gasteiger charge is 2.37. The van der Waals surface area contributed by atoms with Gasteiger partial charge < -0.3 is 9.47 Å². The van der Waals surface area contributed by atoms with Crippen LogP contribution >= 0.6 is 24.0 Å². The third-order valence-corrected chi connectivity index (χ3v) is 7.54. The fourth-order valence-corrected chi connectivity index (χ4v) is 5.49. The Morgan fingerprint density at radius 1 is 0.949 bits per heavy atom. The largest absolute Gasteiger partial charge is 0.493 e. The summed E-state index contributed by atoms with van der Waals surface area (Å²) < 4.78 is 14.4. The van der Waals surface area contributed by atoms with Crippen molar-refractivity contribution in [2.75, 3.05) is 12.0 Å². The van der Waals surface area contributed by atoms with Gasteiger partial charge in [-0.3, -0.25) is 19.2 Å². The number of aromatic nitrogens is 2. The standard InChI is InChI=1S/C29H23N3O5S2/c1-18-25(27(34)32(30(18)2)21-12-8-5-9-13-21)31-26(33)24(39-29(31)38)17-19-14-15-22(23(16-19)36-3)37-28(35)20-10-6-4-7-11-20/h4-17H,1-3H3/b24-17+. The molecule has 0 unspecified atom stereocenters. The molecule has 0 saturated carbocycles. The molecule has 0 N–H and O–H groups in total. The number of hydrogen-bond donors (Lipinski definition) is 0. The smallest absolute Gasteiger partial charge is 0.343 e. The number of ether oxygens (including phenoxy) is 2. The van der Waals surface area contributed by atoms with Crippen LogP contribution in [0.2, 0.25) is 0 Å². The van der Waals surface area contributed by atoms with Gasteiger partial charge in [0.15, 0.2) is 15.8 Å². The Hall–Kier alpha value is -4.41. The molecule has 1 fully saturated rings. The quantitative estimate of drug-likeness (QED) is 0.141. The molecule has 0 radical (unpaired) electrons. The SMILES string of the molecule is COc1cc(/C=C2/SC(=S)N(c3c(C)n(C)n(-c4ccccc4)c3=O)C2=O)ccc1OC(=O)c1ccccc1. The number of thioether (sulfide) groups is 1. The highest BCUT2D eigenvalue weighted by atomic mass is 32.2. The molecular weight excluding hydrogens is 534 g/mol. The minimum Gasteiger partial charge on any atom is -0.493 e. The van der Waals surface area contributed by atoms with Crippen molar-refractivity contribution in [2.45, 2.75) is 6.92 Å². The zero-order valence-electron chi connectivity index (χ0n) is 21.3. The number of para-hydroxylation sites is 1. The van der Waals surface area contributed by atoms with Crippen molar-refractivity contribution in [3.63, 3.8) is 0 Å². The van der Waals surface area contributed by atoms with Crippen LogP contribution in [0.25, 0.3) is 11.8 Å². The summed E-state index contributed by atoms with van der Waals surface area (Å²) in [5.41, 5.74) is 2.21. The van der Waals surface area contributed by atoms with Crippen LogP contribution < -0.4 is 19.9 Å². The molecule has 1 aromatic heterocycles. The lowest BCUT2D eigenvalue weighted by Crippen LogP contribution is -2.33. The number of amides is 1. The number of anilines is 1. The second-order valence-corrected chi connectivity index (χ2v) is 10.3. The maximum atomic E-state index is 13.5. The number of hydrogen-bond acceptors (Lipinski definition) is 7. The molecule has 0 spiro atoms. The fraction of sp³-hybridized carbons (Fsp3) is 0.103. The van der Waals surface area contributed by atoms with Gasteiger partial charge >= 0.3 is 5.97 Å². The molecule has 0 bridgehead atoms. The summed E-state index contributed by atoms with van der Waals surface area (Å²) in [6.07, 6.45) is 1.67. The van der Waals surface area contributed by atoms with Gasteiger partial charge in [-0.2, -0.15) is 0 Å². The highest BCUT2D eigenvalue weighted by Crippen LogP contribution is 2.37. The van der Waals surface area contributed by atoms with Gasteiger partial charge in [-0.1, -0.05) is 66.4 Å². The van der Waals surface area contributed by atoms with Crippen molar-refractivity contribution in [3.05, 3.63) is 111 Å². The van der Waals surface area contributed by atoms with Gasteiger partial charge in [0.1, 0.15) is 5.69 Å². The summed E-state index contributed by atoms with van der Waals surface area (Å²) in [4.78, 5) is 41.1. The van der Waals surface area contributed by atoms with E-state index >= 15 is 0 Å². The normalized spacial score (nSPS) is 14.2. The Balaban J connectivity index is 1.44. The summed E-state index contributed by atoms with van der Waals surface area (Å²) in [6.45, 7) is 1.78. The lowest BCUT2D eigenvalue weighted by atomic mass is 10.1. The average Bonchev–Trinajstić information content (AvgIpc) is 3.34. The maximum absolute atomic E-state index is 13.5. The Labute approximate surface area is 234 Å². The van der Waals surface area contributed by atoms with Crippen LogP contribution in [0.3, 0.4) is 0 Å². The molecule has 1 aliphatic rings. The first-order valence-corrected chi connectivity index (χ1v) is 13.1. The van der Waals surface area contributed by atoms with Gasteiger partial charge in [-0.25, -0.2) is 9.48 Å². The number of benzene rings is 3. The van der Waals surface area contributed by atoms with E-state index in [0.29, 0.717) is 33.2 Å². The minimum atomic E-state index is -0.512. The van der Waals surface area contributed by atoms with E-state index in [0.717, 1.165) is 11.8 Å². The van der Waals surface area contributed by atoms with Crippen LogP contribution in [0.4, 0.5) is 5.69 Å². The van der Waals surface area contributed by atoms with Crippen LogP contribution in [0.5, 0.6) is 11.5 Å². The van der Waals surface area contributed by atoms with Gasteiger partial charge in [0.05, 0.1) is 29.0 Å². The molecule has 3 aromatic carbocycles. The summed E-state index contributed by atoms with van der Waals surface area (Å²) in [5, 5.41) is 0. The van der Waals surface area contributed by atoms with Crippen LogP contribution in [-0.4, -0.2) is 32.7 Å². The third kappa shape index (κ3) is 4.91. The van der Waals surface area contributed by atoms with Crippen molar-refractivity contribution < 1.29 is 19.1 Å².